The van der Waals surface area contributed by atoms with Gasteiger partial charge in [0.05, 0.1) is 11.8 Å². The first kappa shape index (κ1) is 21.2. The van der Waals surface area contributed by atoms with Crippen LogP contribution in [0.1, 0.15) is 30.0 Å². The van der Waals surface area contributed by atoms with Gasteiger partial charge in [0.2, 0.25) is 0 Å². The highest BCUT2D eigenvalue weighted by molar-refractivity contribution is 5.66. The van der Waals surface area contributed by atoms with Gasteiger partial charge in [0.15, 0.2) is 5.69 Å². The first-order valence-electron chi connectivity index (χ1n) is 8.89. The predicted molar refractivity (Wildman–Crippen MR) is 90.7 cm³/mol. The molecule has 0 spiro atoms. The molecular weight excluding hydrogens is 440 g/mol. The molecule has 0 N–H and O–H groups in total. The van der Waals surface area contributed by atoms with E-state index < -0.39 is 47.2 Å². The van der Waals surface area contributed by atoms with Crippen LogP contribution in [0.4, 0.5) is 35.1 Å². The lowest BCUT2D eigenvalue weighted by Crippen LogP contribution is -2.40. The molecule has 1 aliphatic rings. The van der Waals surface area contributed by atoms with E-state index in [0.717, 1.165) is 22.8 Å². The van der Waals surface area contributed by atoms with E-state index in [4.69, 9.17) is 0 Å². The summed E-state index contributed by atoms with van der Waals surface area (Å²) in [6.07, 6.45) is -6.83. The van der Waals surface area contributed by atoms with E-state index in [1.165, 1.54) is 12.3 Å². The van der Waals surface area contributed by atoms with Gasteiger partial charge in [-0.25, -0.2) is 4.98 Å². The molecule has 0 amide bonds. The van der Waals surface area contributed by atoms with E-state index in [9.17, 15) is 39.9 Å². The van der Waals surface area contributed by atoms with Gasteiger partial charge in [0.1, 0.15) is 12.2 Å². The Kier molecular flexibility index (Phi) is 4.63. The number of halogens is 8. The van der Waals surface area contributed by atoms with Crippen LogP contribution in [0.15, 0.2) is 35.5 Å². The molecule has 3 heterocycles. The number of pyridine rings is 1. The Balaban J connectivity index is 1.84. The van der Waals surface area contributed by atoms with Gasteiger partial charge in [-0.05, 0) is 36.5 Å². The molecule has 0 saturated heterocycles. The Hall–Kier alpha value is -2.99. The third-order valence-electron chi connectivity index (χ3n) is 4.87. The number of alkyl halides is 8. The Bertz CT molecular complexity index is 1200. The van der Waals surface area contributed by atoms with E-state index in [2.05, 4.69) is 10.1 Å². The Labute approximate surface area is 167 Å². The zero-order valence-electron chi connectivity index (χ0n) is 15.3. The van der Waals surface area contributed by atoms with Crippen LogP contribution in [0.3, 0.4) is 0 Å². The zero-order valence-corrected chi connectivity index (χ0v) is 15.3. The second-order valence-electron chi connectivity index (χ2n) is 7.23. The lowest BCUT2D eigenvalue weighted by Gasteiger charge is -2.19. The Morgan fingerprint density at radius 2 is 1.74 bits per heavy atom. The van der Waals surface area contributed by atoms with Gasteiger partial charge >= 0.3 is 18.3 Å². The van der Waals surface area contributed by atoms with Gasteiger partial charge in [-0.15, -0.1) is 0 Å². The van der Waals surface area contributed by atoms with Crippen molar-refractivity contribution in [3.63, 3.8) is 0 Å². The second-order valence-corrected chi connectivity index (χ2v) is 7.23. The van der Waals surface area contributed by atoms with Gasteiger partial charge in [0, 0.05) is 18.0 Å². The fraction of sp³-hybridized carbons (Fsp3) is 0.389. The summed E-state index contributed by atoms with van der Waals surface area (Å²) in [7, 11) is 0. The van der Waals surface area contributed by atoms with Gasteiger partial charge in [-0.3, -0.25) is 13.9 Å². The molecule has 0 aliphatic heterocycles. The summed E-state index contributed by atoms with van der Waals surface area (Å²) in [5.74, 6) is -4.98. The van der Waals surface area contributed by atoms with Crippen LogP contribution in [0, 0.1) is 0 Å². The normalized spacial score (nSPS) is 15.6. The topological polar surface area (TPSA) is 52.2 Å². The number of nitrogens with zero attached hydrogens (tertiary/aromatic N) is 4. The summed E-state index contributed by atoms with van der Waals surface area (Å²) in [6, 6.07) is 2.93. The molecular formula is C18H12F8N4O. The highest BCUT2D eigenvalue weighted by Crippen LogP contribution is 2.41. The minimum atomic E-state index is -5.88. The van der Waals surface area contributed by atoms with Gasteiger partial charge in [-0.1, -0.05) is 0 Å². The number of fused-ring (bicyclic) bond motifs is 1. The molecule has 5 nitrogen and oxygen atoms in total. The summed E-state index contributed by atoms with van der Waals surface area (Å²) < 4.78 is 106. The molecule has 0 bridgehead atoms. The maximum Gasteiger partial charge on any atom is 0.455 e. The van der Waals surface area contributed by atoms with Crippen molar-refractivity contribution >= 4 is 5.65 Å². The zero-order chi connectivity index (χ0) is 22.8. The standard InChI is InChI=1S/C18H12F8N4O/c19-16(20,18(24,25)26)8-29-7-11(6-27-29)13-14(17(21,22)23)28-12-5-10(9-1-2-9)3-4-30(12)15(13)31/h3-7,9H,1-2,8H2. The molecule has 13 heteroatoms. The molecule has 3 aromatic heterocycles. The largest absolute Gasteiger partial charge is 0.455 e. The summed E-state index contributed by atoms with van der Waals surface area (Å²) in [5, 5.41) is 3.27. The smallest absolute Gasteiger partial charge is 0.268 e. The predicted octanol–water partition coefficient (Wildman–Crippen LogP) is 4.65. The third-order valence-corrected chi connectivity index (χ3v) is 4.87. The second kappa shape index (κ2) is 6.76. The SMILES string of the molecule is O=c1c(-c2cnn(CC(F)(F)C(F)(F)F)c2)c(C(F)(F)F)nc2cc(C3CC3)ccn12. The van der Waals surface area contributed by atoms with Crippen molar-refractivity contribution < 1.29 is 35.1 Å². The van der Waals surface area contributed by atoms with Crippen LogP contribution in [0.5, 0.6) is 0 Å². The van der Waals surface area contributed by atoms with Gasteiger partial charge in [0.25, 0.3) is 5.56 Å². The molecule has 0 radical (unpaired) electrons. The number of aromatic nitrogens is 4. The van der Waals surface area contributed by atoms with Gasteiger partial charge < -0.3 is 0 Å². The molecule has 1 saturated carbocycles. The number of rotatable bonds is 4. The lowest BCUT2D eigenvalue weighted by atomic mass is 10.1. The van der Waals surface area contributed by atoms with E-state index >= 15 is 0 Å². The fourth-order valence-corrected chi connectivity index (χ4v) is 3.16. The van der Waals surface area contributed by atoms with E-state index in [1.807, 2.05) is 0 Å². The summed E-state index contributed by atoms with van der Waals surface area (Å²) in [5.41, 5.74) is -3.82. The molecule has 4 rings (SSSR count). The van der Waals surface area contributed by atoms with Crippen molar-refractivity contribution in [2.24, 2.45) is 0 Å². The van der Waals surface area contributed by atoms with Crippen molar-refractivity contribution in [1.29, 1.82) is 0 Å². The Morgan fingerprint density at radius 3 is 2.32 bits per heavy atom. The van der Waals surface area contributed by atoms with Crippen molar-refractivity contribution in [2.45, 2.75) is 43.6 Å². The van der Waals surface area contributed by atoms with Crippen molar-refractivity contribution in [3.05, 3.63) is 52.3 Å². The molecule has 0 unspecified atom stereocenters. The quantitative estimate of drug-likeness (QED) is 0.542. The summed E-state index contributed by atoms with van der Waals surface area (Å²) >= 11 is 0. The minimum Gasteiger partial charge on any atom is -0.268 e. The van der Waals surface area contributed by atoms with Crippen LogP contribution >= 0.6 is 0 Å². The summed E-state index contributed by atoms with van der Waals surface area (Å²) in [4.78, 5) is 16.4. The van der Waals surface area contributed by atoms with Crippen LogP contribution in [0.2, 0.25) is 0 Å². The third kappa shape index (κ3) is 3.88. The molecule has 0 atom stereocenters. The van der Waals surface area contributed by atoms with Crippen LogP contribution < -0.4 is 5.56 Å². The molecule has 1 aliphatic carbocycles. The first-order valence-corrected chi connectivity index (χ1v) is 8.89. The Morgan fingerprint density at radius 1 is 1.06 bits per heavy atom. The molecule has 3 aromatic rings. The van der Waals surface area contributed by atoms with Crippen molar-refractivity contribution in [1.82, 2.24) is 19.2 Å². The highest BCUT2D eigenvalue weighted by Gasteiger charge is 2.57. The number of hydrogen-bond acceptors (Lipinski definition) is 3. The minimum absolute atomic E-state index is 0.132. The van der Waals surface area contributed by atoms with Crippen LogP contribution in [-0.2, 0) is 12.7 Å². The van der Waals surface area contributed by atoms with E-state index in [0.29, 0.717) is 12.4 Å². The summed E-state index contributed by atoms with van der Waals surface area (Å²) in [6.45, 7) is -1.95. The van der Waals surface area contributed by atoms with E-state index in [1.54, 1.807) is 6.07 Å². The average molecular weight is 452 g/mol. The lowest BCUT2D eigenvalue weighted by molar-refractivity contribution is -0.287. The molecule has 31 heavy (non-hydrogen) atoms. The van der Waals surface area contributed by atoms with Crippen LogP contribution in [-0.4, -0.2) is 31.3 Å². The highest BCUT2D eigenvalue weighted by atomic mass is 19.4. The monoisotopic (exact) mass is 452 g/mol. The van der Waals surface area contributed by atoms with Crippen molar-refractivity contribution in [3.8, 4) is 11.1 Å². The van der Waals surface area contributed by atoms with E-state index in [-0.39, 0.29) is 16.2 Å². The van der Waals surface area contributed by atoms with Crippen LogP contribution in [0.25, 0.3) is 16.8 Å². The fourth-order valence-electron chi connectivity index (χ4n) is 3.16. The molecule has 0 aromatic carbocycles. The first-order chi connectivity index (χ1) is 14.3. The molecule has 166 valence electrons. The number of hydrogen-bond donors (Lipinski definition) is 0. The molecule has 1 fully saturated rings. The van der Waals surface area contributed by atoms with Crippen molar-refractivity contribution in [2.75, 3.05) is 0 Å². The average Bonchev–Trinajstić information content (AvgIpc) is 3.40. The van der Waals surface area contributed by atoms with Gasteiger partial charge in [-0.2, -0.15) is 40.2 Å². The maximum absolute atomic E-state index is 13.6. The maximum atomic E-state index is 13.6.